The van der Waals surface area contributed by atoms with Gasteiger partial charge in [0.2, 0.25) is 0 Å². The van der Waals surface area contributed by atoms with Gasteiger partial charge in [-0.05, 0) is 24.5 Å². The number of carbonyl (C=O) groups is 3. The molecule has 9 heteroatoms. The van der Waals surface area contributed by atoms with Gasteiger partial charge in [-0.2, -0.15) is 37.0 Å². The van der Waals surface area contributed by atoms with Crippen molar-refractivity contribution in [3.8, 4) is 0 Å². The van der Waals surface area contributed by atoms with Gasteiger partial charge in [0.1, 0.15) is 0 Å². The molecular weight excluding hydrogens is 378 g/mol. The molecule has 0 radical (unpaired) electrons. The fourth-order valence-electron chi connectivity index (χ4n) is 1.93. The van der Waals surface area contributed by atoms with Crippen LogP contribution < -0.4 is 16.0 Å². The lowest BCUT2D eigenvalue weighted by molar-refractivity contribution is 0.0955. The zero-order valence-corrected chi connectivity index (χ0v) is 16.6. The molecule has 1 aromatic carbocycles. The van der Waals surface area contributed by atoms with E-state index in [0.717, 1.165) is 5.75 Å². The highest BCUT2D eigenvalue weighted by Gasteiger charge is 2.16. The van der Waals surface area contributed by atoms with Crippen LogP contribution in [0, 0.1) is 0 Å². The minimum absolute atomic E-state index is 0.260. The number of hydrogen-bond acceptors (Lipinski definition) is 6. The van der Waals surface area contributed by atoms with Crippen LogP contribution >= 0.6 is 37.0 Å². The minimum Gasteiger partial charge on any atom is -0.351 e. The van der Waals surface area contributed by atoms with Gasteiger partial charge < -0.3 is 16.0 Å². The van der Waals surface area contributed by atoms with Gasteiger partial charge in [-0.3, -0.25) is 14.4 Å². The molecule has 1 rings (SSSR count). The summed E-state index contributed by atoms with van der Waals surface area (Å²) in [6.45, 7) is 1.30. The number of benzene rings is 1. The van der Waals surface area contributed by atoms with Crippen LogP contribution in [-0.4, -0.2) is 60.9 Å². The summed E-state index contributed by atoms with van der Waals surface area (Å²) in [6.07, 6.45) is 1.95. The van der Waals surface area contributed by atoms with Crippen LogP contribution in [0.15, 0.2) is 18.2 Å². The summed E-state index contributed by atoms with van der Waals surface area (Å²) < 4.78 is 0. The molecule has 0 aliphatic rings. The lowest BCUT2D eigenvalue weighted by atomic mass is 10.0. The lowest BCUT2D eigenvalue weighted by Gasteiger charge is -2.11. The van der Waals surface area contributed by atoms with E-state index in [0.29, 0.717) is 31.1 Å². The third kappa shape index (κ3) is 7.62. The van der Waals surface area contributed by atoms with E-state index in [4.69, 9.17) is 0 Å². The molecule has 0 fully saturated rings. The molecule has 0 unspecified atom stereocenters. The number of carbonyl (C=O) groups excluding carboxylic acids is 3. The molecular formula is C16H23N3O3S3. The van der Waals surface area contributed by atoms with Crippen molar-refractivity contribution in [2.45, 2.75) is 0 Å². The highest BCUT2D eigenvalue weighted by molar-refractivity contribution is 7.98. The highest BCUT2D eigenvalue weighted by Crippen LogP contribution is 2.11. The molecule has 0 bridgehead atoms. The van der Waals surface area contributed by atoms with E-state index < -0.39 is 0 Å². The van der Waals surface area contributed by atoms with E-state index in [1.54, 1.807) is 11.8 Å². The Balaban J connectivity index is 3.06. The Morgan fingerprint density at radius 1 is 0.800 bits per heavy atom. The summed E-state index contributed by atoms with van der Waals surface area (Å²) >= 11 is 9.71. The van der Waals surface area contributed by atoms with Crippen molar-refractivity contribution in [2.75, 3.05) is 43.1 Å². The van der Waals surface area contributed by atoms with Crippen LogP contribution in [0.2, 0.25) is 0 Å². The fraction of sp³-hybridized carbons (Fsp3) is 0.438. The second-order valence-corrected chi connectivity index (χ2v) is 6.89. The first-order valence-corrected chi connectivity index (χ1v) is 10.4. The second-order valence-electron chi connectivity index (χ2n) is 5.01. The van der Waals surface area contributed by atoms with Crippen LogP contribution in [0.25, 0.3) is 0 Å². The standard InChI is InChI=1S/C16H23N3O3S3/c1-25-7-4-19-16(22)13-9-11(14(20)17-2-5-23)8-12(10-13)15(21)18-3-6-24/h8-10,23-24H,2-7H2,1H3,(H,17,20)(H,18,21)(H,19,22). The fourth-order valence-corrected chi connectivity index (χ4v) is 2.46. The van der Waals surface area contributed by atoms with Crippen LogP contribution in [0.3, 0.4) is 0 Å². The minimum atomic E-state index is -0.351. The monoisotopic (exact) mass is 401 g/mol. The average Bonchev–Trinajstić information content (AvgIpc) is 2.63. The lowest BCUT2D eigenvalue weighted by Crippen LogP contribution is -2.30. The van der Waals surface area contributed by atoms with Crippen molar-refractivity contribution in [1.29, 1.82) is 0 Å². The number of nitrogens with one attached hydrogen (secondary N) is 3. The van der Waals surface area contributed by atoms with Crippen LogP contribution in [0.5, 0.6) is 0 Å². The number of thioether (sulfide) groups is 1. The first-order valence-electron chi connectivity index (χ1n) is 7.73. The molecule has 0 aliphatic heterocycles. The van der Waals surface area contributed by atoms with Gasteiger partial charge in [-0.25, -0.2) is 0 Å². The van der Waals surface area contributed by atoms with Gasteiger partial charge in [0.15, 0.2) is 0 Å². The number of hydrogen-bond donors (Lipinski definition) is 5. The summed E-state index contributed by atoms with van der Waals surface area (Å²) in [7, 11) is 0. The maximum atomic E-state index is 12.3. The van der Waals surface area contributed by atoms with Gasteiger partial charge in [0.25, 0.3) is 17.7 Å². The number of amides is 3. The van der Waals surface area contributed by atoms with E-state index in [1.165, 1.54) is 18.2 Å². The molecule has 0 heterocycles. The maximum Gasteiger partial charge on any atom is 0.251 e. The molecule has 25 heavy (non-hydrogen) atoms. The van der Waals surface area contributed by atoms with Crippen molar-refractivity contribution in [2.24, 2.45) is 0 Å². The Kier molecular flexibility index (Phi) is 10.5. The third-order valence-electron chi connectivity index (χ3n) is 3.11. The zero-order chi connectivity index (χ0) is 18.7. The first kappa shape index (κ1) is 21.7. The second kappa shape index (κ2) is 12.1. The Labute approximate surface area is 163 Å². The molecule has 1 aromatic rings. The van der Waals surface area contributed by atoms with Crippen LogP contribution in [0.4, 0.5) is 0 Å². The summed E-state index contributed by atoms with van der Waals surface area (Å²) in [5.74, 6) is 0.753. The molecule has 0 aromatic heterocycles. The summed E-state index contributed by atoms with van der Waals surface area (Å²) in [4.78, 5) is 36.7. The SMILES string of the molecule is CSCCNC(=O)c1cc(C(=O)NCCS)cc(C(=O)NCCS)c1. The van der Waals surface area contributed by atoms with E-state index in [9.17, 15) is 14.4 Å². The molecule has 3 amide bonds. The van der Waals surface area contributed by atoms with Crippen LogP contribution in [-0.2, 0) is 0 Å². The zero-order valence-electron chi connectivity index (χ0n) is 14.0. The maximum absolute atomic E-state index is 12.3. The van der Waals surface area contributed by atoms with Crippen molar-refractivity contribution >= 4 is 54.7 Å². The van der Waals surface area contributed by atoms with E-state index in [-0.39, 0.29) is 34.4 Å². The molecule has 0 aliphatic carbocycles. The van der Waals surface area contributed by atoms with E-state index >= 15 is 0 Å². The molecule has 138 valence electrons. The van der Waals surface area contributed by atoms with E-state index in [2.05, 4.69) is 41.2 Å². The molecule has 6 nitrogen and oxygen atoms in total. The van der Waals surface area contributed by atoms with Gasteiger partial charge in [-0.15, -0.1) is 0 Å². The molecule has 3 N–H and O–H groups in total. The summed E-state index contributed by atoms with van der Waals surface area (Å²) in [6, 6.07) is 4.44. The van der Waals surface area contributed by atoms with Crippen LogP contribution in [0.1, 0.15) is 31.1 Å². The average molecular weight is 402 g/mol. The van der Waals surface area contributed by atoms with Crippen molar-refractivity contribution in [3.63, 3.8) is 0 Å². The predicted molar refractivity (Wildman–Crippen MR) is 110 cm³/mol. The van der Waals surface area contributed by atoms with Crippen molar-refractivity contribution < 1.29 is 14.4 Å². The number of thiol groups is 2. The third-order valence-corrected chi connectivity index (χ3v) is 4.17. The summed E-state index contributed by atoms with van der Waals surface area (Å²) in [5.41, 5.74) is 0.793. The van der Waals surface area contributed by atoms with Crippen molar-refractivity contribution in [3.05, 3.63) is 34.9 Å². The summed E-state index contributed by atoms with van der Waals surface area (Å²) in [5, 5.41) is 8.14. The highest BCUT2D eigenvalue weighted by atomic mass is 32.2. The largest absolute Gasteiger partial charge is 0.351 e. The van der Waals surface area contributed by atoms with Gasteiger partial charge >= 0.3 is 0 Å². The van der Waals surface area contributed by atoms with E-state index in [1.807, 2.05) is 6.26 Å². The Bertz CT molecular complexity index is 573. The Hall–Kier alpha value is -1.32. The van der Waals surface area contributed by atoms with Crippen molar-refractivity contribution in [1.82, 2.24) is 16.0 Å². The Morgan fingerprint density at radius 3 is 1.48 bits per heavy atom. The molecule has 0 saturated carbocycles. The van der Waals surface area contributed by atoms with Gasteiger partial charge in [-0.1, -0.05) is 0 Å². The smallest absolute Gasteiger partial charge is 0.251 e. The topological polar surface area (TPSA) is 87.3 Å². The number of rotatable bonds is 10. The molecule has 0 spiro atoms. The quantitative estimate of drug-likeness (QED) is 0.300. The molecule has 0 saturated heterocycles. The predicted octanol–water partition coefficient (Wildman–Crippen LogP) is 1.10. The van der Waals surface area contributed by atoms with Gasteiger partial charge in [0.05, 0.1) is 0 Å². The first-order chi connectivity index (χ1) is 12.0. The normalized spacial score (nSPS) is 10.2. The Morgan fingerprint density at radius 2 is 1.16 bits per heavy atom. The van der Waals surface area contributed by atoms with Gasteiger partial charge in [0, 0.05) is 53.6 Å². The molecule has 0 atom stereocenters.